The van der Waals surface area contributed by atoms with Crippen LogP contribution in [-0.2, 0) is 29.0 Å². The van der Waals surface area contributed by atoms with Crippen LogP contribution < -0.4 is 5.32 Å². The zero-order valence-electron chi connectivity index (χ0n) is 19.1. The Morgan fingerprint density at radius 2 is 1.94 bits per heavy atom. The molecule has 188 valence electrons. The molecule has 4 rings (SSSR count). The van der Waals surface area contributed by atoms with E-state index in [1.807, 2.05) is 0 Å². The van der Waals surface area contributed by atoms with Crippen molar-refractivity contribution in [1.82, 2.24) is 9.88 Å². The van der Waals surface area contributed by atoms with Crippen LogP contribution >= 0.6 is 11.3 Å². The van der Waals surface area contributed by atoms with Crippen LogP contribution in [0, 0.1) is 11.0 Å². The number of hydrogen-bond donors (Lipinski definition) is 1. The summed E-state index contributed by atoms with van der Waals surface area (Å²) < 4.78 is 43.2. The van der Waals surface area contributed by atoms with E-state index in [9.17, 15) is 27.2 Å². The number of sulfone groups is 1. The van der Waals surface area contributed by atoms with Gasteiger partial charge in [-0.3, -0.25) is 14.4 Å². The summed E-state index contributed by atoms with van der Waals surface area (Å²) in [5.74, 6) is -1.88. The lowest BCUT2D eigenvalue weighted by Crippen LogP contribution is -2.33. The molecule has 1 N–H and O–H groups in total. The van der Waals surface area contributed by atoms with Crippen LogP contribution in [-0.4, -0.2) is 61.0 Å². The van der Waals surface area contributed by atoms with Crippen LogP contribution in [0.3, 0.4) is 0 Å². The van der Waals surface area contributed by atoms with Crippen molar-refractivity contribution in [2.45, 2.75) is 48.7 Å². The van der Waals surface area contributed by atoms with Crippen molar-refractivity contribution in [2.24, 2.45) is 5.92 Å². The smallest absolute Gasteiger partial charge is 0.303 e. The molecule has 0 spiro atoms. The van der Waals surface area contributed by atoms with Gasteiger partial charge in [-0.15, -0.1) is 0 Å². The molecule has 2 amide bonds. The van der Waals surface area contributed by atoms with Crippen LogP contribution in [0.25, 0.3) is 0 Å². The second-order valence-corrected chi connectivity index (χ2v) is 12.0. The predicted molar refractivity (Wildman–Crippen MR) is 126 cm³/mol. The molecule has 1 saturated carbocycles. The van der Waals surface area contributed by atoms with Crippen molar-refractivity contribution in [2.75, 3.05) is 25.0 Å². The fraction of sp³-hybridized carbons (Fsp3) is 0.478. The van der Waals surface area contributed by atoms with Gasteiger partial charge in [-0.05, 0) is 49.3 Å². The molecule has 12 heteroatoms. The number of hydrogen-bond acceptors (Lipinski definition) is 8. The predicted octanol–water partition coefficient (Wildman–Crippen LogP) is 2.74. The highest BCUT2D eigenvalue weighted by Gasteiger charge is 2.37. The molecule has 2 aliphatic rings. The number of aromatic nitrogens is 1. The van der Waals surface area contributed by atoms with Gasteiger partial charge in [0.2, 0.25) is 5.91 Å². The number of thiazole rings is 1. The molecule has 0 radical (unpaired) electrons. The van der Waals surface area contributed by atoms with Gasteiger partial charge in [-0.25, -0.2) is 13.4 Å². The number of nitrogens with one attached hydrogen (secondary N) is 1. The molecule has 1 aromatic carbocycles. The molecular weight excluding hydrogens is 497 g/mol. The fourth-order valence-corrected chi connectivity index (χ4v) is 6.40. The van der Waals surface area contributed by atoms with Crippen molar-refractivity contribution in [3.63, 3.8) is 0 Å². The number of rotatable bonds is 9. The van der Waals surface area contributed by atoms with E-state index >= 15 is 0 Å². The van der Waals surface area contributed by atoms with Gasteiger partial charge in [0.15, 0.2) is 26.7 Å². The van der Waals surface area contributed by atoms with E-state index in [1.54, 1.807) is 17.0 Å². The Labute approximate surface area is 206 Å². The highest BCUT2D eigenvalue weighted by molar-refractivity contribution is 7.92. The van der Waals surface area contributed by atoms with Gasteiger partial charge in [-0.2, -0.15) is 4.39 Å². The second-order valence-electron chi connectivity index (χ2n) is 8.84. The van der Waals surface area contributed by atoms with Crippen molar-refractivity contribution in [1.29, 1.82) is 0 Å². The average molecular weight is 524 g/mol. The molecule has 2 unspecified atom stereocenters. The monoisotopic (exact) mass is 523 g/mol. The molecule has 1 aliphatic heterocycles. The number of esters is 1. The Hall–Kier alpha value is -2.86. The summed E-state index contributed by atoms with van der Waals surface area (Å²) in [5, 5.41) is 1.93. The summed E-state index contributed by atoms with van der Waals surface area (Å²) in [7, 11) is -3.36. The first-order chi connectivity index (χ1) is 16.6. The highest BCUT2D eigenvalue weighted by atomic mass is 32.2. The highest BCUT2D eigenvalue weighted by Crippen LogP contribution is 2.35. The van der Waals surface area contributed by atoms with E-state index in [2.05, 4.69) is 10.3 Å². The van der Waals surface area contributed by atoms with E-state index in [0.717, 1.165) is 6.20 Å². The Kier molecular flexibility index (Phi) is 7.50. The number of anilines is 1. The Balaban J connectivity index is 1.49. The molecule has 2 heterocycles. The van der Waals surface area contributed by atoms with E-state index < -0.39 is 26.9 Å². The molecule has 2 atom stereocenters. The number of carbonyl (C=O) groups is 3. The second kappa shape index (κ2) is 10.4. The van der Waals surface area contributed by atoms with Gasteiger partial charge < -0.3 is 15.0 Å². The minimum Gasteiger partial charge on any atom is -0.456 e. The van der Waals surface area contributed by atoms with E-state index in [0.29, 0.717) is 55.7 Å². The van der Waals surface area contributed by atoms with E-state index in [-0.39, 0.29) is 39.6 Å². The van der Waals surface area contributed by atoms with Crippen LogP contribution in [0.5, 0.6) is 0 Å². The van der Waals surface area contributed by atoms with Gasteiger partial charge >= 0.3 is 5.97 Å². The van der Waals surface area contributed by atoms with Crippen molar-refractivity contribution in [3.05, 3.63) is 41.2 Å². The number of ether oxygens (including phenoxy) is 1. The van der Waals surface area contributed by atoms with Gasteiger partial charge in [0.05, 0.1) is 22.3 Å². The Morgan fingerprint density at radius 1 is 1.23 bits per heavy atom. The molecule has 0 bridgehead atoms. The number of halogens is 1. The topological polar surface area (TPSA) is 123 Å². The van der Waals surface area contributed by atoms with Crippen LogP contribution in [0.1, 0.15) is 44.1 Å². The normalized spacial score (nSPS) is 18.8. The van der Waals surface area contributed by atoms with Crippen molar-refractivity contribution >= 4 is 44.1 Å². The summed E-state index contributed by atoms with van der Waals surface area (Å²) >= 11 is 0.716. The lowest BCUT2D eigenvalue weighted by Gasteiger charge is -2.21. The first-order valence-corrected chi connectivity index (χ1v) is 13.7. The third-order valence-corrected chi connectivity index (χ3v) is 9.18. The lowest BCUT2D eigenvalue weighted by atomic mass is 9.87. The maximum Gasteiger partial charge on any atom is 0.303 e. The summed E-state index contributed by atoms with van der Waals surface area (Å²) in [6.45, 7) is 1.80. The summed E-state index contributed by atoms with van der Waals surface area (Å²) in [6.07, 6.45) is 3.40. The minimum atomic E-state index is -3.36. The fourth-order valence-electron chi connectivity index (χ4n) is 4.20. The molecule has 2 aromatic rings. The number of amides is 2. The molecule has 1 aliphatic carbocycles. The maximum atomic E-state index is 13.4. The minimum absolute atomic E-state index is 0.00469. The molecular formula is C23H26FN3O6S2. The number of likely N-dealkylation sites (tertiary alicyclic amines) is 1. The lowest BCUT2D eigenvalue weighted by molar-refractivity contribution is -0.149. The molecule has 1 saturated heterocycles. The van der Waals surface area contributed by atoms with Crippen molar-refractivity contribution < 1.29 is 31.9 Å². The zero-order chi connectivity index (χ0) is 25.2. The Bertz CT molecular complexity index is 1210. The standard InChI is InChI=1S/C23H26FN3O6S2/c1-14(28)33-13-21(29)27-9-8-15(12-27)10-19(22(30)26-23-25-11-20(24)34-23)16-2-4-17(5-3-16)35(31,32)18-6-7-18/h2-5,11,15,18-19H,6-10,12-13H2,1H3,(H,25,26,30). The van der Waals surface area contributed by atoms with Gasteiger partial charge in [-0.1, -0.05) is 23.5 Å². The first-order valence-electron chi connectivity index (χ1n) is 11.3. The first kappa shape index (κ1) is 25.2. The summed E-state index contributed by atoms with van der Waals surface area (Å²) in [5.41, 5.74) is 0.624. The Morgan fingerprint density at radius 3 is 2.54 bits per heavy atom. The number of carbonyl (C=O) groups excluding carboxylic acids is 3. The van der Waals surface area contributed by atoms with Crippen LogP contribution in [0.4, 0.5) is 9.52 Å². The molecule has 2 fully saturated rings. The summed E-state index contributed by atoms with van der Waals surface area (Å²) in [4.78, 5) is 42.1. The maximum absolute atomic E-state index is 13.4. The van der Waals surface area contributed by atoms with E-state index in [4.69, 9.17) is 4.74 Å². The van der Waals surface area contributed by atoms with Gasteiger partial charge in [0.1, 0.15) is 0 Å². The molecule has 9 nitrogen and oxygen atoms in total. The van der Waals surface area contributed by atoms with Crippen LogP contribution in [0.15, 0.2) is 35.4 Å². The number of nitrogens with zero attached hydrogens (tertiary/aromatic N) is 2. The third-order valence-electron chi connectivity index (χ3n) is 6.20. The zero-order valence-corrected chi connectivity index (χ0v) is 20.7. The molecule has 35 heavy (non-hydrogen) atoms. The van der Waals surface area contributed by atoms with Gasteiger partial charge in [0.25, 0.3) is 5.91 Å². The number of benzene rings is 1. The third kappa shape index (κ3) is 6.23. The largest absolute Gasteiger partial charge is 0.456 e. The summed E-state index contributed by atoms with van der Waals surface area (Å²) in [6, 6.07) is 6.33. The van der Waals surface area contributed by atoms with Crippen molar-refractivity contribution in [3.8, 4) is 0 Å². The SMILES string of the molecule is CC(=O)OCC(=O)N1CCC(CC(C(=O)Nc2ncc(F)s2)c2ccc(S(=O)(=O)C3CC3)cc2)C1. The quantitative estimate of drug-likeness (QED) is 0.502. The molecule has 1 aromatic heterocycles. The van der Waals surface area contributed by atoms with E-state index in [1.165, 1.54) is 19.1 Å². The van der Waals surface area contributed by atoms with Crippen LogP contribution in [0.2, 0.25) is 0 Å². The van der Waals surface area contributed by atoms with Gasteiger partial charge in [0, 0.05) is 20.0 Å². The average Bonchev–Trinajstić information content (AvgIpc) is 3.46.